The molecule has 0 saturated carbocycles. The molecule has 0 spiro atoms. The zero-order chi connectivity index (χ0) is 17.6. The first-order valence-electron chi connectivity index (χ1n) is 7.13. The Morgan fingerprint density at radius 3 is 2.58 bits per heavy atom. The molecular formula is C16H15N3O5. The maximum Gasteiger partial charge on any atom is 0.342 e. The summed E-state index contributed by atoms with van der Waals surface area (Å²) in [6.45, 7) is 3.51. The number of hydrogen-bond donors (Lipinski definition) is 0. The summed E-state index contributed by atoms with van der Waals surface area (Å²) < 4.78 is 12.2. The van der Waals surface area contributed by atoms with Crippen LogP contribution in [0.25, 0.3) is 22.4 Å². The average molecular weight is 329 g/mol. The highest BCUT2D eigenvalue weighted by atomic mass is 16.6. The number of aryl methyl sites for hydroxylation is 1. The molecule has 0 bridgehead atoms. The maximum absolute atomic E-state index is 11.9. The summed E-state index contributed by atoms with van der Waals surface area (Å²) in [5.74, 6) is 0.755. The predicted molar refractivity (Wildman–Crippen MR) is 87.4 cm³/mol. The third-order valence-electron chi connectivity index (χ3n) is 4.14. The van der Waals surface area contributed by atoms with Gasteiger partial charge in [0.1, 0.15) is 17.5 Å². The smallest absolute Gasteiger partial charge is 0.342 e. The molecule has 0 aliphatic carbocycles. The van der Waals surface area contributed by atoms with Crippen LogP contribution in [0.5, 0.6) is 5.75 Å². The number of methoxy groups -OCH3 is 1. The second kappa shape index (κ2) is 5.48. The molecule has 1 aromatic carbocycles. The molecule has 3 rings (SSSR count). The van der Waals surface area contributed by atoms with E-state index in [-0.39, 0.29) is 5.82 Å². The normalized spacial score (nSPS) is 11.0. The van der Waals surface area contributed by atoms with Gasteiger partial charge in [-0.3, -0.25) is 0 Å². The summed E-state index contributed by atoms with van der Waals surface area (Å²) in [5.41, 5.74) is 1.77. The van der Waals surface area contributed by atoms with Crippen molar-refractivity contribution in [3.05, 3.63) is 50.0 Å². The number of nitrogens with zero attached hydrogens (tertiary/aromatic N) is 3. The first kappa shape index (κ1) is 15.7. The Labute approximate surface area is 136 Å². The SMILES string of the molecule is COc1cc(-c2ncc([N+](=O)[O-])n2C)cc2oc(=O)c(C)c(C)c12. The number of benzene rings is 1. The molecule has 2 aromatic heterocycles. The molecule has 0 saturated heterocycles. The first-order chi connectivity index (χ1) is 11.3. The van der Waals surface area contributed by atoms with Crippen LogP contribution in [-0.4, -0.2) is 21.6 Å². The van der Waals surface area contributed by atoms with E-state index in [4.69, 9.17) is 9.15 Å². The zero-order valence-electron chi connectivity index (χ0n) is 13.6. The van der Waals surface area contributed by atoms with Crippen LogP contribution in [0.15, 0.2) is 27.5 Å². The van der Waals surface area contributed by atoms with Crippen LogP contribution < -0.4 is 10.4 Å². The van der Waals surface area contributed by atoms with Gasteiger partial charge in [-0.2, -0.15) is 0 Å². The van der Waals surface area contributed by atoms with E-state index in [2.05, 4.69) is 4.98 Å². The molecule has 8 nitrogen and oxygen atoms in total. The monoisotopic (exact) mass is 329 g/mol. The minimum Gasteiger partial charge on any atom is -0.496 e. The number of imidazole rings is 1. The third kappa shape index (κ3) is 2.23. The van der Waals surface area contributed by atoms with E-state index >= 15 is 0 Å². The Kier molecular flexibility index (Phi) is 3.59. The van der Waals surface area contributed by atoms with Crippen LogP contribution in [0.1, 0.15) is 11.1 Å². The molecule has 124 valence electrons. The van der Waals surface area contributed by atoms with Crippen molar-refractivity contribution in [3.8, 4) is 17.1 Å². The molecule has 0 N–H and O–H groups in total. The van der Waals surface area contributed by atoms with Gasteiger partial charge in [-0.05, 0) is 36.5 Å². The van der Waals surface area contributed by atoms with Crippen LogP contribution in [0, 0.1) is 24.0 Å². The second-order valence-corrected chi connectivity index (χ2v) is 5.45. The summed E-state index contributed by atoms with van der Waals surface area (Å²) in [6.07, 6.45) is 1.18. The zero-order valence-corrected chi connectivity index (χ0v) is 13.6. The van der Waals surface area contributed by atoms with Crippen molar-refractivity contribution in [2.45, 2.75) is 13.8 Å². The van der Waals surface area contributed by atoms with Gasteiger partial charge in [0.2, 0.25) is 5.82 Å². The minimum atomic E-state index is -0.511. The largest absolute Gasteiger partial charge is 0.496 e. The number of ether oxygens (including phenoxy) is 1. The molecule has 0 aliphatic rings. The summed E-state index contributed by atoms with van der Waals surface area (Å²) in [6, 6.07) is 3.36. The number of nitro groups is 1. The summed E-state index contributed by atoms with van der Waals surface area (Å²) in [5, 5.41) is 11.7. The fraction of sp³-hybridized carbons (Fsp3) is 0.250. The summed E-state index contributed by atoms with van der Waals surface area (Å²) in [4.78, 5) is 26.5. The van der Waals surface area contributed by atoms with Crippen LogP contribution in [-0.2, 0) is 7.05 Å². The van der Waals surface area contributed by atoms with E-state index in [9.17, 15) is 14.9 Å². The van der Waals surface area contributed by atoms with Crippen molar-refractivity contribution in [1.82, 2.24) is 9.55 Å². The standard InChI is InChI=1S/C16H15N3O5/c1-8-9(2)16(20)24-12-6-10(5-11(23-4)14(8)12)15-17-7-13(18(15)3)19(21)22/h5-7H,1-4H3. The van der Waals surface area contributed by atoms with Crippen molar-refractivity contribution >= 4 is 16.8 Å². The molecule has 0 amide bonds. The molecule has 0 aliphatic heterocycles. The fourth-order valence-corrected chi connectivity index (χ4v) is 2.69. The average Bonchev–Trinajstić information content (AvgIpc) is 2.93. The highest BCUT2D eigenvalue weighted by Gasteiger charge is 2.21. The van der Waals surface area contributed by atoms with E-state index in [1.54, 1.807) is 26.1 Å². The fourth-order valence-electron chi connectivity index (χ4n) is 2.69. The lowest BCUT2D eigenvalue weighted by atomic mass is 10.0. The van der Waals surface area contributed by atoms with Gasteiger partial charge in [-0.25, -0.2) is 14.3 Å². The molecule has 2 heterocycles. The molecule has 3 aromatic rings. The lowest BCUT2D eigenvalue weighted by Gasteiger charge is -2.10. The summed E-state index contributed by atoms with van der Waals surface area (Å²) >= 11 is 0. The van der Waals surface area contributed by atoms with Gasteiger partial charge in [-0.15, -0.1) is 0 Å². The predicted octanol–water partition coefficient (Wildman–Crippen LogP) is 2.73. The highest BCUT2D eigenvalue weighted by molar-refractivity contribution is 5.91. The molecule has 0 radical (unpaired) electrons. The van der Waals surface area contributed by atoms with Crippen molar-refractivity contribution in [2.75, 3.05) is 7.11 Å². The third-order valence-corrected chi connectivity index (χ3v) is 4.14. The Morgan fingerprint density at radius 2 is 2.00 bits per heavy atom. The van der Waals surface area contributed by atoms with E-state index in [0.717, 1.165) is 5.56 Å². The number of rotatable bonds is 3. The van der Waals surface area contributed by atoms with Crippen molar-refractivity contribution in [1.29, 1.82) is 0 Å². The Bertz CT molecular complexity index is 1030. The Morgan fingerprint density at radius 1 is 1.29 bits per heavy atom. The minimum absolute atomic E-state index is 0.134. The van der Waals surface area contributed by atoms with Gasteiger partial charge in [0, 0.05) is 11.1 Å². The van der Waals surface area contributed by atoms with E-state index < -0.39 is 10.5 Å². The van der Waals surface area contributed by atoms with E-state index in [0.29, 0.717) is 33.7 Å². The van der Waals surface area contributed by atoms with E-state index in [1.807, 2.05) is 6.92 Å². The van der Waals surface area contributed by atoms with Gasteiger partial charge >= 0.3 is 11.4 Å². The topological polar surface area (TPSA) is 100 Å². The molecule has 0 fully saturated rings. The van der Waals surface area contributed by atoms with Crippen LogP contribution in [0.2, 0.25) is 0 Å². The van der Waals surface area contributed by atoms with E-state index in [1.165, 1.54) is 17.9 Å². The van der Waals surface area contributed by atoms with Crippen LogP contribution in [0.3, 0.4) is 0 Å². The number of fused-ring (bicyclic) bond motifs is 1. The van der Waals surface area contributed by atoms with Gasteiger partial charge in [-0.1, -0.05) is 0 Å². The van der Waals surface area contributed by atoms with Gasteiger partial charge in [0.15, 0.2) is 0 Å². The van der Waals surface area contributed by atoms with Crippen LogP contribution >= 0.6 is 0 Å². The van der Waals surface area contributed by atoms with Gasteiger partial charge in [0.05, 0.1) is 19.5 Å². The Balaban J connectivity index is 2.34. The lowest BCUT2D eigenvalue weighted by Crippen LogP contribution is -2.06. The molecule has 0 unspecified atom stereocenters. The maximum atomic E-state index is 11.9. The quantitative estimate of drug-likeness (QED) is 0.416. The molecule has 0 atom stereocenters. The first-order valence-corrected chi connectivity index (χ1v) is 7.13. The lowest BCUT2D eigenvalue weighted by molar-refractivity contribution is -0.391. The van der Waals surface area contributed by atoms with Gasteiger partial charge < -0.3 is 19.3 Å². The molecule has 8 heteroatoms. The van der Waals surface area contributed by atoms with Gasteiger partial charge in [0.25, 0.3) is 0 Å². The number of hydrogen-bond acceptors (Lipinski definition) is 6. The second-order valence-electron chi connectivity index (χ2n) is 5.45. The number of aromatic nitrogens is 2. The van der Waals surface area contributed by atoms with Crippen molar-refractivity contribution in [3.63, 3.8) is 0 Å². The summed E-state index contributed by atoms with van der Waals surface area (Å²) in [7, 11) is 3.06. The Hall–Kier alpha value is -3.16. The molecular weight excluding hydrogens is 314 g/mol. The van der Waals surface area contributed by atoms with Crippen molar-refractivity contribution < 1.29 is 14.1 Å². The van der Waals surface area contributed by atoms with Crippen LogP contribution in [0.4, 0.5) is 5.82 Å². The highest BCUT2D eigenvalue weighted by Crippen LogP contribution is 2.34. The molecule has 24 heavy (non-hydrogen) atoms. The van der Waals surface area contributed by atoms with Crippen molar-refractivity contribution in [2.24, 2.45) is 7.05 Å².